The van der Waals surface area contributed by atoms with Gasteiger partial charge in [-0.15, -0.1) is 0 Å². The summed E-state index contributed by atoms with van der Waals surface area (Å²) in [5.41, 5.74) is 2.16. The fourth-order valence-corrected chi connectivity index (χ4v) is 3.82. The molecule has 0 saturated heterocycles. The summed E-state index contributed by atoms with van der Waals surface area (Å²) < 4.78 is 0. The van der Waals surface area contributed by atoms with Crippen LogP contribution in [0.4, 0.5) is 0 Å². The Balaban J connectivity index is 2.34. The van der Waals surface area contributed by atoms with Gasteiger partial charge in [-0.1, -0.05) is 77.4 Å². The van der Waals surface area contributed by atoms with Crippen LogP contribution in [0.25, 0.3) is 5.57 Å². The van der Waals surface area contributed by atoms with Crippen molar-refractivity contribution in [3.05, 3.63) is 69.2 Å². The van der Waals surface area contributed by atoms with Crippen molar-refractivity contribution >= 4 is 28.7 Å². The molecule has 0 atom stereocenters. The predicted molar refractivity (Wildman–Crippen MR) is 113 cm³/mol. The van der Waals surface area contributed by atoms with Gasteiger partial charge in [0.05, 0.1) is 5.57 Å². The molecule has 0 aliphatic heterocycles. The fourth-order valence-electron chi connectivity index (χ4n) is 3.53. The summed E-state index contributed by atoms with van der Waals surface area (Å²) in [7, 11) is 0. The maximum Gasteiger partial charge on any atom is 0.205 e. The Morgan fingerprint density at radius 1 is 0.786 bits per heavy atom. The number of benzene rings is 2. The maximum atomic E-state index is 13.2. The topological polar surface area (TPSA) is 54.4 Å². The van der Waals surface area contributed by atoms with Gasteiger partial charge < -0.3 is 5.11 Å². The molecule has 2 aromatic carbocycles. The van der Waals surface area contributed by atoms with Gasteiger partial charge in [-0.25, -0.2) is 0 Å². The largest absolute Gasteiger partial charge is 0.507 e. The van der Waals surface area contributed by atoms with Gasteiger partial charge in [-0.05, 0) is 28.5 Å². The van der Waals surface area contributed by atoms with Gasteiger partial charge in [0.1, 0.15) is 10.8 Å². The molecule has 146 valence electrons. The molecule has 1 N–H and O–H groups in total. The average Bonchev–Trinajstić information content (AvgIpc) is 2.59. The number of halogens is 1. The average molecular weight is 397 g/mol. The van der Waals surface area contributed by atoms with Crippen LogP contribution in [0.5, 0.6) is 5.75 Å². The van der Waals surface area contributed by atoms with E-state index >= 15 is 0 Å². The Kier molecular flexibility index (Phi) is 4.79. The molecule has 3 nitrogen and oxygen atoms in total. The smallest absolute Gasteiger partial charge is 0.205 e. The highest BCUT2D eigenvalue weighted by molar-refractivity contribution is 6.56. The van der Waals surface area contributed by atoms with Gasteiger partial charge in [-0.2, -0.15) is 0 Å². The normalized spacial score (nSPS) is 15.1. The lowest BCUT2D eigenvalue weighted by molar-refractivity contribution is 0.0998. The van der Waals surface area contributed by atoms with Crippen molar-refractivity contribution in [2.45, 2.75) is 52.4 Å². The van der Waals surface area contributed by atoms with E-state index in [2.05, 4.69) is 0 Å². The molecule has 0 saturated carbocycles. The van der Waals surface area contributed by atoms with Gasteiger partial charge in [0.2, 0.25) is 5.78 Å². The summed E-state index contributed by atoms with van der Waals surface area (Å²) in [6, 6.07) is 10.3. The lowest BCUT2D eigenvalue weighted by atomic mass is 9.76. The van der Waals surface area contributed by atoms with Crippen LogP contribution in [0.1, 0.15) is 78.9 Å². The molecule has 0 amide bonds. The quantitative estimate of drug-likeness (QED) is 0.641. The molecule has 2 aromatic rings. The Hall–Kier alpha value is -2.39. The zero-order valence-corrected chi connectivity index (χ0v) is 17.9. The molecule has 0 radical (unpaired) electrons. The molecule has 0 unspecified atom stereocenters. The van der Waals surface area contributed by atoms with Gasteiger partial charge in [0.25, 0.3) is 0 Å². The van der Waals surface area contributed by atoms with Crippen LogP contribution in [-0.4, -0.2) is 16.7 Å². The number of carbonyl (C=O) groups is 2. The van der Waals surface area contributed by atoms with Crippen molar-refractivity contribution in [2.24, 2.45) is 0 Å². The second kappa shape index (κ2) is 6.59. The van der Waals surface area contributed by atoms with Crippen molar-refractivity contribution in [3.63, 3.8) is 0 Å². The van der Waals surface area contributed by atoms with E-state index in [9.17, 15) is 14.7 Å². The highest BCUT2D eigenvalue weighted by atomic mass is 35.5. The third kappa shape index (κ3) is 3.29. The zero-order chi connectivity index (χ0) is 21.0. The lowest BCUT2D eigenvalue weighted by Gasteiger charge is -2.29. The second-order valence-electron chi connectivity index (χ2n) is 9.31. The van der Waals surface area contributed by atoms with E-state index < -0.39 is 0 Å². The minimum Gasteiger partial charge on any atom is -0.507 e. The molecule has 0 aromatic heterocycles. The third-order valence-corrected chi connectivity index (χ3v) is 5.44. The predicted octanol–water partition coefficient (Wildman–Crippen LogP) is 6.02. The van der Waals surface area contributed by atoms with E-state index in [0.29, 0.717) is 27.8 Å². The van der Waals surface area contributed by atoms with Gasteiger partial charge in [0, 0.05) is 22.3 Å². The number of carbonyl (C=O) groups excluding carboxylic acids is 2. The summed E-state index contributed by atoms with van der Waals surface area (Å²) >= 11 is 6.41. The first-order chi connectivity index (χ1) is 12.8. The van der Waals surface area contributed by atoms with Crippen molar-refractivity contribution in [2.75, 3.05) is 0 Å². The molecule has 1 aliphatic rings. The minimum absolute atomic E-state index is 0.0749. The first-order valence-corrected chi connectivity index (χ1v) is 9.68. The first-order valence-electron chi connectivity index (χ1n) is 9.30. The van der Waals surface area contributed by atoms with Crippen LogP contribution in [0.2, 0.25) is 0 Å². The standard InChI is InChI=1S/C24H25ClO3/c1-23(2,3)16-11-13(12-17(22(16)28)24(4,5)6)18-19(25)21(27)15-10-8-7-9-14(15)20(18)26/h7-12,28H,1-6H3. The van der Waals surface area contributed by atoms with Crippen LogP contribution in [-0.2, 0) is 10.8 Å². The SMILES string of the molecule is CC(C)(C)c1cc(C2=C(Cl)C(=O)c3ccccc3C2=O)cc(C(C)(C)C)c1O. The highest BCUT2D eigenvalue weighted by Gasteiger charge is 2.34. The number of aromatic hydroxyl groups is 1. The molecule has 0 fully saturated rings. The van der Waals surface area contributed by atoms with E-state index in [1.807, 2.05) is 41.5 Å². The number of hydrogen-bond acceptors (Lipinski definition) is 3. The molecule has 3 rings (SSSR count). The lowest BCUT2D eigenvalue weighted by Crippen LogP contribution is -2.21. The summed E-state index contributed by atoms with van der Waals surface area (Å²) in [5, 5.41) is 10.8. The number of phenolic OH excluding ortho intramolecular Hbond substituents is 1. The Labute approximate surface area is 171 Å². The molecule has 0 bridgehead atoms. The number of rotatable bonds is 1. The van der Waals surface area contributed by atoms with Gasteiger partial charge >= 0.3 is 0 Å². The zero-order valence-electron chi connectivity index (χ0n) is 17.1. The van der Waals surface area contributed by atoms with Crippen molar-refractivity contribution < 1.29 is 14.7 Å². The van der Waals surface area contributed by atoms with Crippen LogP contribution in [0, 0.1) is 0 Å². The number of fused-ring (bicyclic) bond motifs is 1. The number of hydrogen-bond donors (Lipinski definition) is 1. The summed E-state index contributed by atoms with van der Waals surface area (Å²) in [6.07, 6.45) is 0. The van der Waals surface area contributed by atoms with Gasteiger partial charge in [-0.3, -0.25) is 9.59 Å². The first kappa shape index (κ1) is 20.3. The van der Waals surface area contributed by atoms with Crippen LogP contribution >= 0.6 is 11.6 Å². The molecule has 4 heteroatoms. The van der Waals surface area contributed by atoms with Gasteiger partial charge in [0.15, 0.2) is 5.78 Å². The second-order valence-corrected chi connectivity index (χ2v) is 9.69. The minimum atomic E-state index is -0.354. The summed E-state index contributed by atoms with van der Waals surface area (Å²) in [4.78, 5) is 26.0. The molecule has 0 spiro atoms. The Morgan fingerprint density at radius 3 is 1.64 bits per heavy atom. The van der Waals surface area contributed by atoms with E-state index in [-0.39, 0.29) is 38.8 Å². The molecule has 0 heterocycles. The molecule has 1 aliphatic carbocycles. The summed E-state index contributed by atoms with van der Waals surface area (Å²) in [6.45, 7) is 12.0. The molecule has 28 heavy (non-hydrogen) atoms. The van der Waals surface area contributed by atoms with Crippen molar-refractivity contribution in [1.82, 2.24) is 0 Å². The number of allylic oxidation sites excluding steroid dienone is 2. The summed E-state index contributed by atoms with van der Waals surface area (Å²) in [5.74, 6) is -0.407. The fraction of sp³-hybridized carbons (Fsp3) is 0.333. The Morgan fingerprint density at radius 2 is 1.21 bits per heavy atom. The van der Waals surface area contributed by atoms with Crippen LogP contribution in [0.15, 0.2) is 41.4 Å². The number of phenols is 1. The van der Waals surface area contributed by atoms with E-state index in [1.54, 1.807) is 36.4 Å². The third-order valence-electron chi connectivity index (χ3n) is 5.08. The van der Waals surface area contributed by atoms with Crippen molar-refractivity contribution in [1.29, 1.82) is 0 Å². The Bertz CT molecular complexity index is 996. The van der Waals surface area contributed by atoms with E-state index in [1.165, 1.54) is 0 Å². The maximum absolute atomic E-state index is 13.2. The highest BCUT2D eigenvalue weighted by Crippen LogP contribution is 2.43. The van der Waals surface area contributed by atoms with E-state index in [0.717, 1.165) is 0 Å². The number of Topliss-reactive ketones (excluding diaryl/α,β-unsaturated/α-hetero) is 2. The monoisotopic (exact) mass is 396 g/mol. The molecular formula is C24H25ClO3. The molecular weight excluding hydrogens is 372 g/mol. The van der Waals surface area contributed by atoms with Crippen molar-refractivity contribution in [3.8, 4) is 5.75 Å². The number of ketones is 2. The van der Waals surface area contributed by atoms with Crippen LogP contribution in [0.3, 0.4) is 0 Å². The van der Waals surface area contributed by atoms with Crippen LogP contribution < -0.4 is 0 Å². The van der Waals surface area contributed by atoms with E-state index in [4.69, 9.17) is 11.6 Å².